The minimum Gasteiger partial charge on any atom is -0.384 e. The highest BCUT2D eigenvalue weighted by Crippen LogP contribution is 2.41. The Morgan fingerprint density at radius 1 is 1.29 bits per heavy atom. The van der Waals surface area contributed by atoms with Crippen LogP contribution in [0.15, 0.2) is 23.2 Å². The molecule has 2 aliphatic rings. The molecule has 0 spiro atoms. The maximum Gasteiger partial charge on any atom is 0.123 e. The lowest BCUT2D eigenvalue weighted by atomic mass is 10.0. The fraction of sp³-hybridized carbons (Fsp3) is 0.615. The van der Waals surface area contributed by atoms with E-state index in [2.05, 4.69) is 23.0 Å². The van der Waals surface area contributed by atoms with E-state index < -0.39 is 0 Å². The summed E-state index contributed by atoms with van der Waals surface area (Å²) in [6.07, 6.45) is 7.32. The molecule has 3 rings (SSSR count). The van der Waals surface area contributed by atoms with E-state index in [4.69, 9.17) is 5.73 Å². The zero-order valence-corrected chi connectivity index (χ0v) is 11.0. The predicted molar refractivity (Wildman–Crippen MR) is 72.1 cm³/mol. The Labute approximate surface area is 107 Å². The van der Waals surface area contributed by atoms with Gasteiger partial charge >= 0.3 is 0 Å². The quantitative estimate of drug-likeness (QED) is 0.874. The Balaban J connectivity index is 1.65. The van der Waals surface area contributed by atoms with E-state index >= 15 is 0 Å². The Bertz CT molecular complexity index is 378. The van der Waals surface area contributed by atoms with Gasteiger partial charge in [-0.25, -0.2) is 4.98 Å². The van der Waals surface area contributed by atoms with Crippen molar-refractivity contribution in [2.75, 3.05) is 12.8 Å². The van der Waals surface area contributed by atoms with Crippen molar-refractivity contribution in [2.45, 2.75) is 47.9 Å². The molecular formula is C13H19N3S. The summed E-state index contributed by atoms with van der Waals surface area (Å²) in [5, 5.41) is 0.758. The Kier molecular flexibility index (Phi) is 3.01. The summed E-state index contributed by atoms with van der Waals surface area (Å²) in [5.74, 6) is 0.609. The number of thioether (sulfide) groups is 1. The average molecular weight is 249 g/mol. The average Bonchev–Trinajstić information content (AvgIpc) is 2.55. The molecule has 4 heteroatoms. The molecule has 0 unspecified atom stereocenters. The summed E-state index contributed by atoms with van der Waals surface area (Å²) in [4.78, 5) is 8.00. The normalized spacial score (nSPS) is 32.9. The molecule has 2 aliphatic heterocycles. The van der Waals surface area contributed by atoms with Crippen LogP contribution >= 0.6 is 11.8 Å². The van der Waals surface area contributed by atoms with Gasteiger partial charge in [-0.15, -0.1) is 11.8 Å². The fourth-order valence-corrected chi connectivity index (χ4v) is 4.39. The monoisotopic (exact) mass is 249 g/mol. The van der Waals surface area contributed by atoms with Crippen LogP contribution in [-0.2, 0) is 0 Å². The summed E-state index contributed by atoms with van der Waals surface area (Å²) >= 11 is 1.98. The van der Waals surface area contributed by atoms with Crippen LogP contribution in [-0.4, -0.2) is 34.3 Å². The van der Waals surface area contributed by atoms with Crippen molar-refractivity contribution in [1.29, 1.82) is 0 Å². The highest BCUT2D eigenvalue weighted by Gasteiger charge is 2.38. The van der Waals surface area contributed by atoms with Crippen molar-refractivity contribution in [2.24, 2.45) is 0 Å². The Morgan fingerprint density at radius 2 is 2.00 bits per heavy atom. The molecule has 0 saturated carbocycles. The van der Waals surface area contributed by atoms with E-state index in [-0.39, 0.29) is 0 Å². The van der Waals surface area contributed by atoms with Crippen molar-refractivity contribution >= 4 is 17.6 Å². The molecular weight excluding hydrogens is 230 g/mol. The molecule has 1 aromatic rings. The van der Waals surface area contributed by atoms with Crippen LogP contribution in [0.5, 0.6) is 0 Å². The molecule has 0 aromatic carbocycles. The zero-order valence-electron chi connectivity index (χ0n) is 10.2. The van der Waals surface area contributed by atoms with E-state index in [0.29, 0.717) is 5.82 Å². The zero-order chi connectivity index (χ0) is 11.8. The lowest BCUT2D eigenvalue weighted by molar-refractivity contribution is 0.183. The van der Waals surface area contributed by atoms with Gasteiger partial charge < -0.3 is 10.6 Å². The summed E-state index contributed by atoms with van der Waals surface area (Å²) in [6, 6.07) is 5.61. The van der Waals surface area contributed by atoms with E-state index in [1.165, 1.54) is 30.6 Å². The van der Waals surface area contributed by atoms with Gasteiger partial charge in [0.25, 0.3) is 0 Å². The molecule has 0 amide bonds. The molecule has 2 fully saturated rings. The second kappa shape index (κ2) is 4.50. The minimum atomic E-state index is 0.609. The van der Waals surface area contributed by atoms with E-state index in [1.807, 2.05) is 24.0 Å². The third-order valence-electron chi connectivity index (χ3n) is 4.12. The first-order chi connectivity index (χ1) is 8.22. The first-order valence-corrected chi connectivity index (χ1v) is 7.20. The van der Waals surface area contributed by atoms with Gasteiger partial charge in [-0.05, 0) is 44.9 Å². The lowest BCUT2D eigenvalue weighted by Gasteiger charge is -2.35. The van der Waals surface area contributed by atoms with Crippen LogP contribution in [0, 0.1) is 0 Å². The standard InChI is InChI=1S/C13H19N3S/c1-16-9-2-3-10(16)7-12(6-9)17-11-4-5-13(14)15-8-11/h4-5,8-10,12H,2-3,6-7H2,1H3,(H2,14,15)/t9-,10+,12-. The van der Waals surface area contributed by atoms with Crippen LogP contribution < -0.4 is 5.73 Å². The lowest BCUT2D eigenvalue weighted by Crippen LogP contribution is -2.40. The van der Waals surface area contributed by atoms with Gasteiger partial charge in [-0.1, -0.05) is 0 Å². The highest BCUT2D eigenvalue weighted by atomic mass is 32.2. The third-order valence-corrected chi connectivity index (χ3v) is 5.35. The molecule has 2 saturated heterocycles. The first kappa shape index (κ1) is 11.4. The number of piperidine rings is 1. The number of hydrogen-bond acceptors (Lipinski definition) is 4. The number of nitrogens with two attached hydrogens (primary N) is 1. The summed E-state index contributed by atoms with van der Waals surface area (Å²) < 4.78 is 0. The smallest absolute Gasteiger partial charge is 0.123 e. The van der Waals surface area contributed by atoms with Gasteiger partial charge in [0.15, 0.2) is 0 Å². The number of anilines is 1. The summed E-state index contributed by atoms with van der Waals surface area (Å²) in [7, 11) is 2.29. The molecule has 3 heterocycles. The summed E-state index contributed by atoms with van der Waals surface area (Å²) in [6.45, 7) is 0. The van der Waals surface area contributed by atoms with Gasteiger partial charge in [-0.2, -0.15) is 0 Å². The van der Waals surface area contributed by atoms with Crippen molar-refractivity contribution in [1.82, 2.24) is 9.88 Å². The second-order valence-corrected chi connectivity index (χ2v) is 6.55. The number of rotatable bonds is 2. The maximum atomic E-state index is 5.61. The third kappa shape index (κ3) is 2.29. The van der Waals surface area contributed by atoms with Gasteiger partial charge in [0.05, 0.1) is 0 Å². The molecule has 1 aromatic heterocycles. The SMILES string of the molecule is CN1[C@@H]2CC[C@H]1C[C@H](Sc1ccc(N)nc1)C2. The second-order valence-electron chi connectivity index (χ2n) is 5.18. The van der Waals surface area contributed by atoms with Gasteiger partial charge in [0.1, 0.15) is 5.82 Å². The number of hydrogen-bond donors (Lipinski definition) is 1. The molecule has 2 bridgehead atoms. The first-order valence-electron chi connectivity index (χ1n) is 6.32. The molecule has 3 atom stereocenters. The van der Waals surface area contributed by atoms with E-state index in [1.54, 1.807) is 0 Å². The molecule has 3 nitrogen and oxygen atoms in total. The van der Waals surface area contributed by atoms with Crippen LogP contribution in [0.3, 0.4) is 0 Å². The van der Waals surface area contributed by atoms with Crippen molar-refractivity contribution in [3.63, 3.8) is 0 Å². The molecule has 0 aliphatic carbocycles. The largest absolute Gasteiger partial charge is 0.384 e. The maximum absolute atomic E-state index is 5.61. The fourth-order valence-electron chi connectivity index (χ4n) is 3.11. The number of pyridine rings is 1. The van der Waals surface area contributed by atoms with Crippen molar-refractivity contribution < 1.29 is 0 Å². The Morgan fingerprint density at radius 3 is 2.59 bits per heavy atom. The molecule has 17 heavy (non-hydrogen) atoms. The Hall–Kier alpha value is -0.740. The van der Waals surface area contributed by atoms with Crippen LogP contribution in [0.1, 0.15) is 25.7 Å². The topological polar surface area (TPSA) is 42.1 Å². The minimum absolute atomic E-state index is 0.609. The predicted octanol–water partition coefficient (Wildman–Crippen LogP) is 2.38. The molecule has 2 N–H and O–H groups in total. The number of fused-ring (bicyclic) bond motifs is 2. The summed E-state index contributed by atoms with van der Waals surface area (Å²) in [5.41, 5.74) is 5.61. The van der Waals surface area contributed by atoms with Crippen LogP contribution in [0.25, 0.3) is 0 Å². The number of aromatic nitrogens is 1. The van der Waals surface area contributed by atoms with E-state index in [9.17, 15) is 0 Å². The number of nitrogens with zero attached hydrogens (tertiary/aromatic N) is 2. The molecule has 0 radical (unpaired) electrons. The van der Waals surface area contributed by atoms with Gasteiger partial charge in [0, 0.05) is 28.4 Å². The van der Waals surface area contributed by atoms with Gasteiger partial charge in [0.2, 0.25) is 0 Å². The van der Waals surface area contributed by atoms with Crippen molar-refractivity contribution in [3.8, 4) is 0 Å². The highest BCUT2D eigenvalue weighted by molar-refractivity contribution is 8.00. The van der Waals surface area contributed by atoms with Crippen LogP contribution in [0.4, 0.5) is 5.82 Å². The van der Waals surface area contributed by atoms with Crippen molar-refractivity contribution in [3.05, 3.63) is 18.3 Å². The van der Waals surface area contributed by atoms with E-state index in [0.717, 1.165) is 17.3 Å². The number of nitrogen functional groups attached to an aromatic ring is 1. The van der Waals surface area contributed by atoms with Crippen LogP contribution in [0.2, 0.25) is 0 Å². The molecule has 92 valence electrons. The van der Waals surface area contributed by atoms with Gasteiger partial charge in [-0.3, -0.25) is 0 Å².